The zero-order valence-electron chi connectivity index (χ0n) is 15.6. The molecule has 7 nitrogen and oxygen atoms in total. The number of carbonyl (C=O) groups is 3. The van der Waals surface area contributed by atoms with Gasteiger partial charge in [0.25, 0.3) is 5.91 Å². The maximum absolute atomic E-state index is 12.6. The highest BCUT2D eigenvalue weighted by Crippen LogP contribution is 2.27. The van der Waals surface area contributed by atoms with Crippen molar-refractivity contribution in [3.8, 4) is 0 Å². The van der Waals surface area contributed by atoms with Crippen LogP contribution in [-0.4, -0.2) is 53.7 Å². The summed E-state index contributed by atoms with van der Waals surface area (Å²) in [6.45, 7) is 1.99. The van der Waals surface area contributed by atoms with Gasteiger partial charge in [0.1, 0.15) is 0 Å². The first-order valence-corrected chi connectivity index (χ1v) is 9.61. The summed E-state index contributed by atoms with van der Waals surface area (Å²) in [7, 11) is 0. The number of furan rings is 1. The van der Waals surface area contributed by atoms with Crippen LogP contribution in [0.25, 0.3) is 0 Å². The Hall–Kier alpha value is -3.09. The summed E-state index contributed by atoms with van der Waals surface area (Å²) in [5.41, 5.74) is 1.98. The van der Waals surface area contributed by atoms with Crippen LogP contribution >= 0.6 is 0 Å². The van der Waals surface area contributed by atoms with Gasteiger partial charge in [-0.1, -0.05) is 18.2 Å². The van der Waals surface area contributed by atoms with E-state index in [0.717, 1.165) is 11.3 Å². The number of para-hydroxylation sites is 1. The molecule has 3 amide bonds. The molecule has 4 rings (SSSR count). The smallest absolute Gasteiger partial charge is 0.289 e. The number of nitrogens with one attached hydrogen (secondary N) is 1. The van der Waals surface area contributed by atoms with Gasteiger partial charge in [0.2, 0.25) is 11.8 Å². The fourth-order valence-corrected chi connectivity index (χ4v) is 3.82. The number of hydrogen-bond acceptors (Lipinski definition) is 4. The van der Waals surface area contributed by atoms with Gasteiger partial charge in [0, 0.05) is 44.2 Å². The van der Waals surface area contributed by atoms with E-state index in [-0.39, 0.29) is 23.6 Å². The first kappa shape index (κ1) is 18.3. The topological polar surface area (TPSA) is 82.9 Å². The summed E-state index contributed by atoms with van der Waals surface area (Å²) in [5, 5.41) is 2.93. The van der Waals surface area contributed by atoms with E-state index in [0.29, 0.717) is 51.2 Å². The second-order valence-electron chi connectivity index (χ2n) is 7.24. The molecule has 0 saturated carbocycles. The molecule has 1 N–H and O–H groups in total. The van der Waals surface area contributed by atoms with Crippen molar-refractivity contribution in [2.75, 3.05) is 31.5 Å². The van der Waals surface area contributed by atoms with E-state index in [1.54, 1.807) is 21.9 Å². The SMILES string of the molecule is O=C1Nc2ccccc2CC1CCC(=O)N1CCN(C(=O)c2ccco2)CC1. The van der Waals surface area contributed by atoms with Crippen LogP contribution in [0.5, 0.6) is 0 Å². The lowest BCUT2D eigenvalue weighted by Gasteiger charge is -2.34. The molecule has 2 aliphatic rings. The van der Waals surface area contributed by atoms with E-state index in [2.05, 4.69) is 5.32 Å². The molecule has 0 radical (unpaired) electrons. The summed E-state index contributed by atoms with van der Waals surface area (Å²) in [5.74, 6) is 0.0239. The minimum Gasteiger partial charge on any atom is -0.459 e. The Kier molecular flexibility index (Phi) is 5.14. The van der Waals surface area contributed by atoms with Crippen LogP contribution in [0.3, 0.4) is 0 Å². The fourth-order valence-electron chi connectivity index (χ4n) is 3.82. The van der Waals surface area contributed by atoms with Crippen molar-refractivity contribution in [3.63, 3.8) is 0 Å². The van der Waals surface area contributed by atoms with E-state index < -0.39 is 0 Å². The number of rotatable bonds is 4. The molecule has 1 fully saturated rings. The number of amides is 3. The highest BCUT2D eigenvalue weighted by atomic mass is 16.3. The van der Waals surface area contributed by atoms with Crippen molar-refractivity contribution in [2.45, 2.75) is 19.3 Å². The van der Waals surface area contributed by atoms with Crippen LogP contribution in [0.15, 0.2) is 47.1 Å². The lowest BCUT2D eigenvalue weighted by atomic mass is 9.89. The monoisotopic (exact) mass is 381 g/mol. The van der Waals surface area contributed by atoms with Gasteiger partial charge in [-0.15, -0.1) is 0 Å². The maximum Gasteiger partial charge on any atom is 0.289 e. The Morgan fingerprint density at radius 2 is 1.79 bits per heavy atom. The minimum atomic E-state index is -0.180. The number of carbonyl (C=O) groups excluding carboxylic acids is 3. The van der Waals surface area contributed by atoms with Gasteiger partial charge in [-0.2, -0.15) is 0 Å². The van der Waals surface area contributed by atoms with Gasteiger partial charge in [-0.3, -0.25) is 14.4 Å². The van der Waals surface area contributed by atoms with Crippen LogP contribution < -0.4 is 5.32 Å². The van der Waals surface area contributed by atoms with Gasteiger partial charge < -0.3 is 19.5 Å². The standard InChI is InChI=1S/C21H23N3O4/c25-19(8-7-16-14-15-4-1-2-5-17(15)22-20(16)26)23-9-11-24(12-10-23)21(27)18-6-3-13-28-18/h1-6,13,16H,7-12,14H2,(H,22,26). The molecule has 0 aliphatic carbocycles. The summed E-state index contributed by atoms with van der Waals surface area (Å²) in [6.07, 6.45) is 3.02. The predicted octanol–water partition coefficient (Wildman–Crippen LogP) is 2.16. The summed E-state index contributed by atoms with van der Waals surface area (Å²) in [4.78, 5) is 40.6. The van der Waals surface area contributed by atoms with Gasteiger partial charge in [0.15, 0.2) is 5.76 Å². The Balaban J connectivity index is 1.26. The normalized spacial score (nSPS) is 19.1. The molecule has 28 heavy (non-hydrogen) atoms. The number of benzene rings is 1. The highest BCUT2D eigenvalue weighted by Gasteiger charge is 2.29. The highest BCUT2D eigenvalue weighted by molar-refractivity contribution is 5.96. The Morgan fingerprint density at radius 3 is 2.54 bits per heavy atom. The van der Waals surface area contributed by atoms with Gasteiger partial charge in [0.05, 0.1) is 6.26 Å². The van der Waals surface area contributed by atoms with Crippen molar-refractivity contribution >= 4 is 23.4 Å². The van der Waals surface area contributed by atoms with Crippen LogP contribution in [-0.2, 0) is 16.0 Å². The van der Waals surface area contributed by atoms with E-state index >= 15 is 0 Å². The fraction of sp³-hybridized carbons (Fsp3) is 0.381. The predicted molar refractivity (Wildman–Crippen MR) is 103 cm³/mol. The molecule has 1 unspecified atom stereocenters. The van der Waals surface area contributed by atoms with Crippen LogP contribution in [0.4, 0.5) is 5.69 Å². The Morgan fingerprint density at radius 1 is 1.04 bits per heavy atom. The third-order valence-corrected chi connectivity index (χ3v) is 5.47. The Bertz CT molecular complexity index is 870. The molecule has 0 spiro atoms. The molecule has 1 atom stereocenters. The maximum atomic E-state index is 12.6. The zero-order valence-corrected chi connectivity index (χ0v) is 15.6. The van der Waals surface area contributed by atoms with Crippen LogP contribution in [0.1, 0.15) is 29.0 Å². The molecule has 1 saturated heterocycles. The van der Waals surface area contributed by atoms with Crippen molar-refractivity contribution in [3.05, 3.63) is 54.0 Å². The second-order valence-corrected chi connectivity index (χ2v) is 7.24. The number of hydrogen-bond donors (Lipinski definition) is 1. The first-order chi connectivity index (χ1) is 13.6. The third-order valence-electron chi connectivity index (χ3n) is 5.47. The molecule has 1 aromatic carbocycles. The van der Waals surface area contributed by atoms with Gasteiger partial charge in [-0.05, 0) is 36.6 Å². The number of anilines is 1. The largest absolute Gasteiger partial charge is 0.459 e. The van der Waals surface area contributed by atoms with Gasteiger partial charge in [-0.25, -0.2) is 0 Å². The Labute approximate surface area is 163 Å². The molecule has 0 bridgehead atoms. The molecule has 2 aromatic rings. The average molecular weight is 381 g/mol. The molecule has 2 aliphatic heterocycles. The number of piperazine rings is 1. The molecule has 3 heterocycles. The van der Waals surface area contributed by atoms with E-state index in [1.165, 1.54) is 6.26 Å². The van der Waals surface area contributed by atoms with Crippen molar-refractivity contribution in [2.24, 2.45) is 5.92 Å². The minimum absolute atomic E-state index is 0.0136. The van der Waals surface area contributed by atoms with Crippen molar-refractivity contribution in [1.82, 2.24) is 9.80 Å². The number of fused-ring (bicyclic) bond motifs is 1. The zero-order chi connectivity index (χ0) is 19.5. The second kappa shape index (κ2) is 7.88. The van der Waals surface area contributed by atoms with E-state index in [4.69, 9.17) is 4.42 Å². The quantitative estimate of drug-likeness (QED) is 0.880. The summed E-state index contributed by atoms with van der Waals surface area (Å²) in [6, 6.07) is 11.1. The summed E-state index contributed by atoms with van der Waals surface area (Å²) >= 11 is 0. The first-order valence-electron chi connectivity index (χ1n) is 9.61. The third kappa shape index (κ3) is 3.78. The molecule has 1 aromatic heterocycles. The average Bonchev–Trinajstić information content (AvgIpc) is 3.26. The molecule has 146 valence electrons. The lowest BCUT2D eigenvalue weighted by molar-refractivity contribution is -0.133. The molecular formula is C21H23N3O4. The van der Waals surface area contributed by atoms with E-state index in [9.17, 15) is 14.4 Å². The lowest BCUT2D eigenvalue weighted by Crippen LogP contribution is -2.50. The number of nitrogens with zero attached hydrogens (tertiary/aromatic N) is 2. The van der Waals surface area contributed by atoms with Crippen LogP contribution in [0.2, 0.25) is 0 Å². The molecule has 7 heteroatoms. The molecular weight excluding hydrogens is 358 g/mol. The summed E-state index contributed by atoms with van der Waals surface area (Å²) < 4.78 is 5.15. The van der Waals surface area contributed by atoms with Gasteiger partial charge >= 0.3 is 0 Å². The van der Waals surface area contributed by atoms with Crippen molar-refractivity contribution in [1.29, 1.82) is 0 Å². The van der Waals surface area contributed by atoms with E-state index in [1.807, 2.05) is 24.3 Å². The van der Waals surface area contributed by atoms with Crippen molar-refractivity contribution < 1.29 is 18.8 Å². The van der Waals surface area contributed by atoms with Crippen LogP contribution in [0, 0.1) is 5.92 Å².